The second kappa shape index (κ2) is 7.12. The average Bonchev–Trinajstić information content (AvgIpc) is 3.15. The van der Waals surface area contributed by atoms with Crippen LogP contribution in [0.3, 0.4) is 0 Å². The van der Waals surface area contributed by atoms with Crippen molar-refractivity contribution in [2.45, 2.75) is 6.92 Å². The highest BCUT2D eigenvalue weighted by Gasteiger charge is 2.22. The molecule has 8 nitrogen and oxygen atoms in total. The summed E-state index contributed by atoms with van der Waals surface area (Å²) in [6.45, 7) is 5.38. The Bertz CT molecular complexity index is 1130. The minimum absolute atomic E-state index is 0.765. The fourth-order valence-corrected chi connectivity index (χ4v) is 3.76. The van der Waals surface area contributed by atoms with E-state index in [1.165, 1.54) is 0 Å². The third-order valence-electron chi connectivity index (χ3n) is 5.31. The van der Waals surface area contributed by atoms with E-state index in [2.05, 4.69) is 36.1 Å². The first-order chi connectivity index (χ1) is 14.2. The molecule has 0 amide bonds. The summed E-state index contributed by atoms with van der Waals surface area (Å²) >= 11 is 0. The molecule has 0 radical (unpaired) electrons. The zero-order valence-electron chi connectivity index (χ0n) is 16.5. The number of hydrogen-bond acceptors (Lipinski definition) is 7. The van der Waals surface area contributed by atoms with Crippen LogP contribution in [-0.4, -0.2) is 56.1 Å². The predicted molar refractivity (Wildman–Crippen MR) is 113 cm³/mol. The van der Waals surface area contributed by atoms with E-state index < -0.39 is 0 Å². The van der Waals surface area contributed by atoms with E-state index in [4.69, 9.17) is 4.98 Å². The molecule has 1 aliphatic heterocycles. The number of fused-ring (bicyclic) bond motifs is 1. The maximum Gasteiger partial charge on any atom is 0.163 e. The molecule has 0 atom stereocenters. The molecule has 8 heteroatoms. The molecular formula is C21H22N8. The van der Waals surface area contributed by atoms with Crippen LogP contribution in [0.5, 0.6) is 0 Å². The van der Waals surface area contributed by atoms with E-state index in [9.17, 15) is 0 Å². The van der Waals surface area contributed by atoms with Gasteiger partial charge in [-0.05, 0) is 19.1 Å². The predicted octanol–water partition coefficient (Wildman–Crippen LogP) is 2.46. The quantitative estimate of drug-likeness (QED) is 0.535. The Morgan fingerprint density at radius 3 is 2.31 bits per heavy atom. The van der Waals surface area contributed by atoms with Crippen molar-refractivity contribution in [3.63, 3.8) is 0 Å². The Morgan fingerprint density at radius 2 is 1.59 bits per heavy atom. The molecule has 0 aliphatic carbocycles. The molecule has 3 aromatic heterocycles. The van der Waals surface area contributed by atoms with Crippen LogP contribution in [0.2, 0.25) is 0 Å². The lowest BCUT2D eigenvalue weighted by atomic mass is 10.1. The SMILES string of the molecule is Cc1nc(N2CCN(c3ccc(-c4ccccc4)nn3)CC2)c2cnn(C)c2n1. The first-order valence-electron chi connectivity index (χ1n) is 9.74. The molecule has 146 valence electrons. The van der Waals surface area contributed by atoms with Gasteiger partial charge in [-0.25, -0.2) is 9.97 Å². The van der Waals surface area contributed by atoms with E-state index in [1.54, 1.807) is 4.68 Å². The second-order valence-corrected chi connectivity index (χ2v) is 7.22. The van der Waals surface area contributed by atoms with Gasteiger partial charge >= 0.3 is 0 Å². The second-order valence-electron chi connectivity index (χ2n) is 7.22. The van der Waals surface area contributed by atoms with Crippen molar-refractivity contribution in [3.05, 3.63) is 54.5 Å². The van der Waals surface area contributed by atoms with Crippen molar-refractivity contribution >= 4 is 22.7 Å². The number of aromatic nitrogens is 6. The van der Waals surface area contributed by atoms with Crippen molar-refractivity contribution in [1.82, 2.24) is 29.9 Å². The van der Waals surface area contributed by atoms with Crippen molar-refractivity contribution in [1.29, 1.82) is 0 Å². The average molecular weight is 386 g/mol. The third kappa shape index (κ3) is 3.26. The molecule has 0 spiro atoms. The molecule has 4 aromatic rings. The lowest BCUT2D eigenvalue weighted by Crippen LogP contribution is -2.47. The minimum Gasteiger partial charge on any atom is -0.352 e. The van der Waals surface area contributed by atoms with Gasteiger partial charge in [-0.1, -0.05) is 30.3 Å². The Labute approximate surface area is 168 Å². The van der Waals surface area contributed by atoms with Crippen LogP contribution in [0.4, 0.5) is 11.6 Å². The van der Waals surface area contributed by atoms with Gasteiger partial charge in [0.1, 0.15) is 11.6 Å². The molecule has 0 unspecified atom stereocenters. The number of aryl methyl sites for hydroxylation is 2. The summed E-state index contributed by atoms with van der Waals surface area (Å²) in [5.41, 5.74) is 2.84. The fraction of sp³-hybridized carbons (Fsp3) is 0.286. The molecule has 5 rings (SSSR count). The molecule has 0 bridgehead atoms. The number of benzene rings is 1. The van der Waals surface area contributed by atoms with Crippen molar-refractivity contribution in [2.75, 3.05) is 36.0 Å². The zero-order valence-corrected chi connectivity index (χ0v) is 16.5. The summed E-state index contributed by atoms with van der Waals surface area (Å²) in [6.07, 6.45) is 1.85. The molecule has 0 N–H and O–H groups in total. The zero-order chi connectivity index (χ0) is 19.8. The van der Waals surface area contributed by atoms with Gasteiger partial charge < -0.3 is 9.80 Å². The summed E-state index contributed by atoms with van der Waals surface area (Å²) in [4.78, 5) is 13.8. The van der Waals surface area contributed by atoms with E-state index in [0.29, 0.717) is 0 Å². The first-order valence-corrected chi connectivity index (χ1v) is 9.74. The smallest absolute Gasteiger partial charge is 0.163 e. The number of nitrogens with zero attached hydrogens (tertiary/aromatic N) is 8. The Morgan fingerprint density at radius 1 is 0.828 bits per heavy atom. The highest BCUT2D eigenvalue weighted by atomic mass is 15.3. The fourth-order valence-electron chi connectivity index (χ4n) is 3.76. The van der Waals surface area contributed by atoms with Gasteiger partial charge in [0.2, 0.25) is 0 Å². The van der Waals surface area contributed by atoms with Crippen LogP contribution in [0.25, 0.3) is 22.3 Å². The van der Waals surface area contributed by atoms with Crippen molar-refractivity contribution < 1.29 is 0 Å². The van der Waals surface area contributed by atoms with E-state index in [-0.39, 0.29) is 0 Å². The van der Waals surface area contributed by atoms with Gasteiger partial charge in [-0.15, -0.1) is 10.2 Å². The number of hydrogen-bond donors (Lipinski definition) is 0. The Balaban J connectivity index is 1.32. The lowest BCUT2D eigenvalue weighted by molar-refractivity contribution is 0.638. The normalized spacial score (nSPS) is 14.6. The van der Waals surface area contributed by atoms with Crippen LogP contribution in [0.1, 0.15) is 5.82 Å². The van der Waals surface area contributed by atoms with Gasteiger partial charge in [0.15, 0.2) is 11.5 Å². The monoisotopic (exact) mass is 386 g/mol. The highest BCUT2D eigenvalue weighted by molar-refractivity contribution is 5.87. The van der Waals surface area contributed by atoms with Gasteiger partial charge in [-0.2, -0.15) is 5.10 Å². The first kappa shape index (κ1) is 17.5. The largest absolute Gasteiger partial charge is 0.352 e. The van der Waals surface area contributed by atoms with Crippen LogP contribution in [-0.2, 0) is 7.05 Å². The number of anilines is 2. The van der Waals surface area contributed by atoms with Crippen LogP contribution in [0, 0.1) is 6.92 Å². The van der Waals surface area contributed by atoms with Crippen LogP contribution in [0.15, 0.2) is 48.7 Å². The van der Waals surface area contributed by atoms with Gasteiger partial charge in [0.25, 0.3) is 0 Å². The van der Waals surface area contributed by atoms with Gasteiger partial charge in [0, 0.05) is 38.8 Å². The summed E-state index contributed by atoms with van der Waals surface area (Å²) in [6, 6.07) is 14.2. The maximum absolute atomic E-state index is 4.70. The molecule has 1 saturated heterocycles. The molecule has 29 heavy (non-hydrogen) atoms. The van der Waals surface area contributed by atoms with E-state index >= 15 is 0 Å². The van der Waals surface area contributed by atoms with Gasteiger partial charge in [0.05, 0.1) is 17.3 Å². The third-order valence-corrected chi connectivity index (χ3v) is 5.31. The van der Waals surface area contributed by atoms with Crippen molar-refractivity contribution in [3.8, 4) is 11.3 Å². The van der Waals surface area contributed by atoms with Gasteiger partial charge in [-0.3, -0.25) is 4.68 Å². The molecular weight excluding hydrogens is 364 g/mol. The van der Waals surface area contributed by atoms with Crippen molar-refractivity contribution in [2.24, 2.45) is 7.05 Å². The Kier molecular flexibility index (Phi) is 4.31. The minimum atomic E-state index is 0.765. The lowest BCUT2D eigenvalue weighted by Gasteiger charge is -2.36. The topological polar surface area (TPSA) is 75.9 Å². The highest BCUT2D eigenvalue weighted by Crippen LogP contribution is 2.25. The summed E-state index contributed by atoms with van der Waals surface area (Å²) in [5, 5.41) is 14.2. The molecule has 1 aliphatic rings. The van der Waals surface area contributed by atoms with Crippen LogP contribution < -0.4 is 9.80 Å². The summed E-state index contributed by atoms with van der Waals surface area (Å²) < 4.78 is 1.80. The Hall–Kier alpha value is -3.55. The molecule has 4 heterocycles. The summed E-state index contributed by atoms with van der Waals surface area (Å²) in [7, 11) is 1.91. The van der Waals surface area contributed by atoms with E-state index in [1.807, 2.05) is 56.6 Å². The van der Waals surface area contributed by atoms with E-state index in [0.717, 1.165) is 65.9 Å². The molecule has 1 fully saturated rings. The summed E-state index contributed by atoms with van der Waals surface area (Å²) in [5.74, 6) is 2.64. The standard InChI is InChI=1S/C21H22N8/c1-15-23-20-17(14-22-27(20)2)21(24-15)29-12-10-28(11-13-29)19-9-8-18(25-26-19)16-6-4-3-5-7-16/h3-9,14H,10-13H2,1-2H3. The number of piperazine rings is 1. The maximum atomic E-state index is 4.70. The molecule has 0 saturated carbocycles. The molecule has 1 aromatic carbocycles. The number of rotatable bonds is 3. The van der Waals surface area contributed by atoms with Crippen LogP contribution >= 0.6 is 0 Å².